The van der Waals surface area contributed by atoms with Gasteiger partial charge in [-0.15, -0.1) is 0 Å². The number of fused-ring (bicyclic) bond motifs is 1. The summed E-state index contributed by atoms with van der Waals surface area (Å²) < 4.78 is 5.95. The Hall–Kier alpha value is -1.02. The zero-order chi connectivity index (χ0) is 11.0. The summed E-state index contributed by atoms with van der Waals surface area (Å²) >= 11 is 0. The molecule has 1 heterocycles. The van der Waals surface area contributed by atoms with Crippen LogP contribution in [0.2, 0.25) is 0 Å². The van der Waals surface area contributed by atoms with Gasteiger partial charge in [0, 0.05) is 18.4 Å². The van der Waals surface area contributed by atoms with Crippen LogP contribution in [0.4, 0.5) is 0 Å². The normalized spacial score (nSPS) is 26.4. The first-order valence-corrected chi connectivity index (χ1v) is 6.29. The van der Waals surface area contributed by atoms with Crippen LogP contribution in [0.5, 0.6) is 5.75 Å². The van der Waals surface area contributed by atoms with Crippen LogP contribution < -0.4 is 10.5 Å². The first-order chi connectivity index (χ1) is 7.75. The Kier molecular flexibility index (Phi) is 2.40. The molecule has 1 aromatic carbocycles. The summed E-state index contributed by atoms with van der Waals surface area (Å²) in [6.45, 7) is 0. The number of ether oxygens (including phenoxy) is 1. The topological polar surface area (TPSA) is 35.2 Å². The van der Waals surface area contributed by atoms with E-state index in [0.717, 1.165) is 18.6 Å². The molecule has 2 N–H and O–H groups in total. The van der Waals surface area contributed by atoms with E-state index in [0.29, 0.717) is 6.10 Å². The highest BCUT2D eigenvalue weighted by molar-refractivity contribution is 5.37. The third-order valence-electron chi connectivity index (χ3n) is 3.95. The molecule has 0 aromatic heterocycles. The van der Waals surface area contributed by atoms with E-state index in [1.54, 1.807) is 0 Å². The summed E-state index contributed by atoms with van der Waals surface area (Å²) in [6, 6.07) is 8.34. The lowest BCUT2D eigenvalue weighted by molar-refractivity contribution is 0.180. The molecule has 16 heavy (non-hydrogen) atoms. The van der Waals surface area contributed by atoms with Crippen LogP contribution in [0.25, 0.3) is 0 Å². The average Bonchev–Trinajstić information content (AvgIpc) is 2.84. The predicted octanol–water partition coefficient (Wildman–Crippen LogP) is 2.65. The van der Waals surface area contributed by atoms with Crippen LogP contribution in [0.1, 0.15) is 37.7 Å². The van der Waals surface area contributed by atoms with Gasteiger partial charge in [0.1, 0.15) is 11.9 Å². The number of hydrogen-bond donors (Lipinski definition) is 1. The summed E-state index contributed by atoms with van der Waals surface area (Å²) in [7, 11) is 0. The molecule has 0 amide bonds. The van der Waals surface area contributed by atoms with Gasteiger partial charge in [-0.05, 0) is 24.5 Å². The Morgan fingerprint density at radius 2 is 2.00 bits per heavy atom. The third kappa shape index (κ3) is 1.82. The molecule has 0 spiro atoms. The van der Waals surface area contributed by atoms with Gasteiger partial charge in [0.15, 0.2) is 0 Å². The minimum absolute atomic E-state index is 0.0483. The second-order valence-corrected chi connectivity index (χ2v) is 5.33. The van der Waals surface area contributed by atoms with E-state index in [4.69, 9.17) is 10.5 Å². The van der Waals surface area contributed by atoms with Gasteiger partial charge in [-0.3, -0.25) is 0 Å². The molecule has 2 nitrogen and oxygen atoms in total. The molecule has 1 saturated carbocycles. The smallest absolute Gasteiger partial charge is 0.123 e. The monoisotopic (exact) mass is 217 g/mol. The van der Waals surface area contributed by atoms with Crippen molar-refractivity contribution in [2.75, 3.05) is 0 Å². The first-order valence-electron chi connectivity index (χ1n) is 6.29. The molecular weight excluding hydrogens is 198 g/mol. The van der Waals surface area contributed by atoms with Crippen LogP contribution >= 0.6 is 0 Å². The Labute approximate surface area is 96.8 Å². The number of para-hydroxylation sites is 1. The molecule has 0 bridgehead atoms. The average molecular weight is 217 g/mol. The first kappa shape index (κ1) is 10.2. The summed E-state index contributed by atoms with van der Waals surface area (Å²) in [5.74, 6) is 1.06. The van der Waals surface area contributed by atoms with Crippen molar-refractivity contribution in [2.45, 2.75) is 50.2 Å². The van der Waals surface area contributed by atoms with Crippen molar-refractivity contribution >= 4 is 0 Å². The van der Waals surface area contributed by atoms with Gasteiger partial charge in [0.25, 0.3) is 0 Å². The van der Waals surface area contributed by atoms with E-state index in [1.807, 2.05) is 6.07 Å². The highest BCUT2D eigenvalue weighted by atomic mass is 16.5. The van der Waals surface area contributed by atoms with Crippen LogP contribution in [-0.2, 0) is 6.42 Å². The number of rotatable bonds is 2. The minimum atomic E-state index is 0.0483. The molecule has 86 valence electrons. The SMILES string of the molecule is NC1(CC2Cc3ccccc3O2)CCCC1. The summed E-state index contributed by atoms with van der Waals surface area (Å²) in [4.78, 5) is 0. The highest BCUT2D eigenvalue weighted by Crippen LogP contribution is 2.36. The zero-order valence-electron chi connectivity index (χ0n) is 9.61. The van der Waals surface area contributed by atoms with Gasteiger partial charge in [0.2, 0.25) is 0 Å². The van der Waals surface area contributed by atoms with Crippen LogP contribution in [-0.4, -0.2) is 11.6 Å². The molecule has 1 unspecified atom stereocenters. The third-order valence-corrected chi connectivity index (χ3v) is 3.95. The molecule has 1 aliphatic carbocycles. The summed E-state index contributed by atoms with van der Waals surface area (Å²) in [5, 5.41) is 0. The van der Waals surface area contributed by atoms with E-state index >= 15 is 0 Å². The van der Waals surface area contributed by atoms with Crippen molar-refractivity contribution in [3.8, 4) is 5.75 Å². The molecule has 3 rings (SSSR count). The maximum Gasteiger partial charge on any atom is 0.123 e. The lowest BCUT2D eigenvalue weighted by Crippen LogP contribution is -2.41. The molecular formula is C14H19NO. The maximum atomic E-state index is 6.39. The fourth-order valence-electron chi connectivity index (χ4n) is 3.10. The summed E-state index contributed by atoms with van der Waals surface area (Å²) in [6.07, 6.45) is 7.27. The summed E-state index contributed by atoms with van der Waals surface area (Å²) in [5.41, 5.74) is 7.78. The fourth-order valence-corrected chi connectivity index (χ4v) is 3.10. The Balaban J connectivity index is 1.68. The van der Waals surface area contributed by atoms with Gasteiger partial charge in [0.05, 0.1) is 0 Å². The molecule has 0 radical (unpaired) electrons. The Morgan fingerprint density at radius 1 is 1.25 bits per heavy atom. The zero-order valence-corrected chi connectivity index (χ0v) is 9.61. The lowest BCUT2D eigenvalue weighted by Gasteiger charge is -2.26. The molecule has 1 atom stereocenters. The van der Waals surface area contributed by atoms with Crippen LogP contribution in [0.3, 0.4) is 0 Å². The van der Waals surface area contributed by atoms with E-state index < -0.39 is 0 Å². The quantitative estimate of drug-likeness (QED) is 0.826. The molecule has 1 aliphatic heterocycles. The largest absolute Gasteiger partial charge is 0.490 e. The Morgan fingerprint density at radius 3 is 2.75 bits per heavy atom. The van der Waals surface area contributed by atoms with E-state index in [9.17, 15) is 0 Å². The van der Waals surface area contributed by atoms with E-state index in [2.05, 4.69) is 18.2 Å². The van der Waals surface area contributed by atoms with E-state index in [-0.39, 0.29) is 5.54 Å². The second-order valence-electron chi connectivity index (χ2n) is 5.33. The Bertz CT molecular complexity index is 357. The van der Waals surface area contributed by atoms with Crippen molar-refractivity contribution in [2.24, 2.45) is 5.73 Å². The predicted molar refractivity (Wildman–Crippen MR) is 64.6 cm³/mol. The minimum Gasteiger partial charge on any atom is -0.490 e. The highest BCUT2D eigenvalue weighted by Gasteiger charge is 2.35. The van der Waals surface area contributed by atoms with Crippen molar-refractivity contribution in [3.05, 3.63) is 29.8 Å². The molecule has 1 aromatic rings. The second kappa shape index (κ2) is 3.77. The van der Waals surface area contributed by atoms with Crippen molar-refractivity contribution in [1.82, 2.24) is 0 Å². The lowest BCUT2D eigenvalue weighted by atomic mass is 9.90. The van der Waals surface area contributed by atoms with Gasteiger partial charge < -0.3 is 10.5 Å². The number of hydrogen-bond acceptors (Lipinski definition) is 2. The number of nitrogens with two attached hydrogens (primary N) is 1. The standard InChI is InChI=1S/C14H19NO/c15-14(7-3-4-8-14)10-12-9-11-5-1-2-6-13(11)16-12/h1-2,5-6,12H,3-4,7-10,15H2. The van der Waals surface area contributed by atoms with Crippen LogP contribution in [0.15, 0.2) is 24.3 Å². The molecule has 0 saturated heterocycles. The van der Waals surface area contributed by atoms with Gasteiger partial charge >= 0.3 is 0 Å². The van der Waals surface area contributed by atoms with Gasteiger partial charge in [-0.1, -0.05) is 31.0 Å². The fraction of sp³-hybridized carbons (Fsp3) is 0.571. The molecule has 2 aliphatic rings. The van der Waals surface area contributed by atoms with Crippen molar-refractivity contribution in [3.63, 3.8) is 0 Å². The number of benzene rings is 1. The maximum absolute atomic E-state index is 6.39. The van der Waals surface area contributed by atoms with Crippen molar-refractivity contribution in [1.29, 1.82) is 0 Å². The molecule has 1 fully saturated rings. The van der Waals surface area contributed by atoms with E-state index in [1.165, 1.54) is 31.2 Å². The van der Waals surface area contributed by atoms with Crippen molar-refractivity contribution < 1.29 is 4.74 Å². The molecule has 2 heteroatoms. The van der Waals surface area contributed by atoms with Crippen LogP contribution in [0, 0.1) is 0 Å². The van der Waals surface area contributed by atoms with Gasteiger partial charge in [-0.2, -0.15) is 0 Å². The van der Waals surface area contributed by atoms with Gasteiger partial charge in [-0.25, -0.2) is 0 Å².